The molecule has 2 aliphatic carbocycles. The third-order valence-electron chi connectivity index (χ3n) is 4.52. The summed E-state index contributed by atoms with van der Waals surface area (Å²) in [6, 6.07) is 0. The highest BCUT2D eigenvalue weighted by atomic mass is 16.2. The average molecular weight is 208 g/mol. The van der Waals surface area contributed by atoms with Crippen molar-refractivity contribution in [2.45, 2.75) is 32.1 Å². The Kier molecular flexibility index (Phi) is 2.23. The topological polar surface area (TPSA) is 32.3 Å². The van der Waals surface area contributed by atoms with Crippen LogP contribution in [-0.2, 0) is 4.79 Å². The van der Waals surface area contributed by atoms with E-state index in [1.165, 1.54) is 32.1 Å². The van der Waals surface area contributed by atoms with Gasteiger partial charge in [-0.25, -0.2) is 0 Å². The van der Waals surface area contributed by atoms with Gasteiger partial charge in [0.2, 0.25) is 5.91 Å². The predicted molar refractivity (Wildman–Crippen MR) is 58.5 cm³/mol. The number of carbonyl (C=O) groups is 1. The van der Waals surface area contributed by atoms with Gasteiger partial charge in [-0.05, 0) is 24.7 Å². The molecule has 3 aliphatic rings. The molecule has 3 rings (SSSR count). The minimum Gasteiger partial charge on any atom is -0.340 e. The second-order valence-corrected chi connectivity index (χ2v) is 5.40. The van der Waals surface area contributed by atoms with Crippen LogP contribution in [0.3, 0.4) is 0 Å². The quantitative estimate of drug-likeness (QED) is 0.697. The summed E-state index contributed by atoms with van der Waals surface area (Å²) in [7, 11) is 0. The number of nitrogens with one attached hydrogen (secondary N) is 1. The Bertz CT molecular complexity index is 265. The molecule has 1 saturated heterocycles. The number of rotatable bonds is 1. The van der Waals surface area contributed by atoms with Crippen LogP contribution >= 0.6 is 0 Å². The van der Waals surface area contributed by atoms with Crippen LogP contribution in [-0.4, -0.2) is 37.0 Å². The molecule has 0 radical (unpaired) electrons. The second-order valence-electron chi connectivity index (χ2n) is 5.40. The first-order chi connectivity index (χ1) is 7.32. The molecule has 1 atom stereocenters. The first-order valence-corrected chi connectivity index (χ1v) is 6.31. The van der Waals surface area contributed by atoms with E-state index >= 15 is 0 Å². The summed E-state index contributed by atoms with van der Waals surface area (Å²) in [5.74, 6) is 0.858. The van der Waals surface area contributed by atoms with Crippen molar-refractivity contribution < 1.29 is 4.79 Å². The first-order valence-electron chi connectivity index (χ1n) is 6.31. The summed E-state index contributed by atoms with van der Waals surface area (Å²) >= 11 is 0. The molecule has 84 valence electrons. The Morgan fingerprint density at radius 3 is 2.53 bits per heavy atom. The summed E-state index contributed by atoms with van der Waals surface area (Å²) in [6.45, 7) is 3.80. The van der Waals surface area contributed by atoms with E-state index in [0.29, 0.717) is 17.2 Å². The van der Waals surface area contributed by atoms with Gasteiger partial charge >= 0.3 is 0 Å². The minimum absolute atomic E-state index is 0.401. The molecule has 1 N–H and O–H groups in total. The number of piperazine rings is 1. The maximum absolute atomic E-state index is 12.2. The van der Waals surface area contributed by atoms with E-state index < -0.39 is 0 Å². The van der Waals surface area contributed by atoms with Gasteiger partial charge < -0.3 is 10.2 Å². The SMILES string of the molecule is O=C(C1CC12CCCC2)N1CCNCC1. The molecule has 3 fully saturated rings. The minimum atomic E-state index is 0.401. The third-order valence-corrected chi connectivity index (χ3v) is 4.52. The summed E-state index contributed by atoms with van der Waals surface area (Å²) in [6.07, 6.45) is 6.53. The van der Waals surface area contributed by atoms with Gasteiger partial charge in [0, 0.05) is 32.1 Å². The molecule has 3 heteroatoms. The highest BCUT2D eigenvalue weighted by Crippen LogP contribution is 2.63. The molecule has 0 aromatic heterocycles. The van der Waals surface area contributed by atoms with Crippen LogP contribution in [0, 0.1) is 11.3 Å². The van der Waals surface area contributed by atoms with Crippen LogP contribution in [0.2, 0.25) is 0 Å². The molecule has 1 spiro atoms. The molecule has 1 unspecified atom stereocenters. The fourth-order valence-electron chi connectivity index (χ4n) is 3.43. The molecule has 1 amide bonds. The Labute approximate surface area is 91.2 Å². The van der Waals surface area contributed by atoms with Crippen LogP contribution in [0.4, 0.5) is 0 Å². The third kappa shape index (κ3) is 1.57. The van der Waals surface area contributed by atoms with E-state index in [9.17, 15) is 4.79 Å². The highest BCUT2D eigenvalue weighted by Gasteiger charge is 2.59. The fourth-order valence-corrected chi connectivity index (χ4v) is 3.43. The van der Waals surface area contributed by atoms with Gasteiger partial charge in [0.05, 0.1) is 0 Å². The van der Waals surface area contributed by atoms with Crippen molar-refractivity contribution >= 4 is 5.91 Å². The zero-order valence-corrected chi connectivity index (χ0v) is 9.30. The van der Waals surface area contributed by atoms with Gasteiger partial charge in [-0.3, -0.25) is 4.79 Å². The van der Waals surface area contributed by atoms with Gasteiger partial charge in [-0.2, -0.15) is 0 Å². The van der Waals surface area contributed by atoms with E-state index in [1.807, 2.05) is 0 Å². The van der Waals surface area contributed by atoms with Crippen LogP contribution in [0.5, 0.6) is 0 Å². The van der Waals surface area contributed by atoms with Gasteiger partial charge in [0.25, 0.3) is 0 Å². The maximum atomic E-state index is 12.2. The van der Waals surface area contributed by atoms with Gasteiger partial charge in [-0.1, -0.05) is 12.8 Å². The summed E-state index contributed by atoms with van der Waals surface area (Å²) in [5.41, 5.74) is 0.474. The molecule has 2 saturated carbocycles. The van der Waals surface area contributed by atoms with Gasteiger partial charge in [0.1, 0.15) is 0 Å². The Hall–Kier alpha value is -0.570. The Morgan fingerprint density at radius 1 is 1.20 bits per heavy atom. The molecule has 0 aromatic carbocycles. The lowest BCUT2D eigenvalue weighted by Gasteiger charge is -2.28. The largest absolute Gasteiger partial charge is 0.340 e. The van der Waals surface area contributed by atoms with Crippen molar-refractivity contribution in [3.63, 3.8) is 0 Å². The van der Waals surface area contributed by atoms with E-state index in [2.05, 4.69) is 10.2 Å². The number of amides is 1. The molecule has 0 aromatic rings. The number of hydrogen-bond donors (Lipinski definition) is 1. The fraction of sp³-hybridized carbons (Fsp3) is 0.917. The molecular weight excluding hydrogens is 188 g/mol. The van der Waals surface area contributed by atoms with Crippen LogP contribution < -0.4 is 5.32 Å². The standard InChI is InChI=1S/C12H20N2O/c15-11(14-7-5-13-6-8-14)10-9-12(10)3-1-2-4-12/h10,13H,1-9H2. The van der Waals surface area contributed by atoms with Crippen molar-refractivity contribution in [3.8, 4) is 0 Å². The summed E-state index contributed by atoms with van der Waals surface area (Å²) < 4.78 is 0. The lowest BCUT2D eigenvalue weighted by molar-refractivity contribution is -0.134. The molecule has 15 heavy (non-hydrogen) atoms. The van der Waals surface area contributed by atoms with Crippen LogP contribution in [0.25, 0.3) is 0 Å². The molecule has 3 nitrogen and oxygen atoms in total. The van der Waals surface area contributed by atoms with Crippen molar-refractivity contribution in [1.29, 1.82) is 0 Å². The smallest absolute Gasteiger partial charge is 0.226 e. The lowest BCUT2D eigenvalue weighted by atomic mass is 10.0. The number of nitrogens with zero attached hydrogens (tertiary/aromatic N) is 1. The lowest BCUT2D eigenvalue weighted by Crippen LogP contribution is -2.47. The Balaban J connectivity index is 1.61. The zero-order valence-electron chi connectivity index (χ0n) is 9.30. The van der Waals surface area contributed by atoms with E-state index in [4.69, 9.17) is 0 Å². The summed E-state index contributed by atoms with van der Waals surface area (Å²) in [5, 5.41) is 3.30. The molecule has 0 bridgehead atoms. The Morgan fingerprint density at radius 2 is 1.87 bits per heavy atom. The van der Waals surface area contributed by atoms with Crippen molar-refractivity contribution in [2.24, 2.45) is 11.3 Å². The van der Waals surface area contributed by atoms with Crippen molar-refractivity contribution in [3.05, 3.63) is 0 Å². The van der Waals surface area contributed by atoms with Gasteiger partial charge in [0.15, 0.2) is 0 Å². The zero-order chi connectivity index (χ0) is 10.3. The molecule has 1 heterocycles. The van der Waals surface area contributed by atoms with E-state index in [1.54, 1.807) is 0 Å². The highest BCUT2D eigenvalue weighted by molar-refractivity contribution is 5.83. The average Bonchev–Trinajstić information content (AvgIpc) is 2.77. The predicted octanol–water partition coefficient (Wildman–Crippen LogP) is 0.998. The van der Waals surface area contributed by atoms with E-state index in [-0.39, 0.29) is 0 Å². The molecular formula is C12H20N2O. The van der Waals surface area contributed by atoms with Crippen molar-refractivity contribution in [1.82, 2.24) is 10.2 Å². The van der Waals surface area contributed by atoms with Crippen LogP contribution in [0.15, 0.2) is 0 Å². The van der Waals surface area contributed by atoms with Crippen LogP contribution in [0.1, 0.15) is 32.1 Å². The molecule has 1 aliphatic heterocycles. The van der Waals surface area contributed by atoms with Gasteiger partial charge in [-0.15, -0.1) is 0 Å². The number of carbonyl (C=O) groups excluding carboxylic acids is 1. The van der Waals surface area contributed by atoms with E-state index in [0.717, 1.165) is 26.2 Å². The first kappa shape index (κ1) is 9.64. The number of hydrogen-bond acceptors (Lipinski definition) is 2. The summed E-state index contributed by atoms with van der Waals surface area (Å²) in [4.78, 5) is 14.3. The second kappa shape index (κ2) is 3.48. The van der Waals surface area contributed by atoms with Crippen molar-refractivity contribution in [2.75, 3.05) is 26.2 Å². The normalized spacial score (nSPS) is 33.3. The maximum Gasteiger partial charge on any atom is 0.226 e. The monoisotopic (exact) mass is 208 g/mol.